The van der Waals surface area contributed by atoms with E-state index in [1.807, 2.05) is 6.92 Å². The molecule has 0 saturated carbocycles. The van der Waals surface area contributed by atoms with Gasteiger partial charge >= 0.3 is 5.97 Å². The molecule has 0 atom stereocenters. The number of ether oxygens (including phenoxy) is 1. The summed E-state index contributed by atoms with van der Waals surface area (Å²) in [7, 11) is 0. The van der Waals surface area contributed by atoms with Gasteiger partial charge in [0, 0.05) is 12.4 Å². The predicted molar refractivity (Wildman–Crippen MR) is 63.4 cm³/mol. The van der Waals surface area contributed by atoms with E-state index in [4.69, 9.17) is 4.74 Å². The van der Waals surface area contributed by atoms with Gasteiger partial charge in [0.25, 0.3) is 0 Å². The molecule has 0 saturated heterocycles. The number of nitrogens with zero attached hydrogens (tertiary/aromatic N) is 2. The van der Waals surface area contributed by atoms with Crippen molar-refractivity contribution in [1.29, 1.82) is 0 Å². The van der Waals surface area contributed by atoms with Crippen LogP contribution in [-0.4, -0.2) is 28.3 Å². The normalized spacial score (nSPS) is 10.1. The van der Waals surface area contributed by atoms with Gasteiger partial charge in [0.2, 0.25) is 0 Å². The summed E-state index contributed by atoms with van der Waals surface area (Å²) in [6.07, 6.45) is 5.41. The molecule has 0 unspecified atom stereocenters. The first-order valence-electron chi connectivity index (χ1n) is 5.29. The molecule has 1 aromatic rings. The molecule has 0 fully saturated rings. The molecule has 16 heavy (non-hydrogen) atoms. The molecule has 88 valence electrons. The highest BCUT2D eigenvalue weighted by molar-refractivity contribution is 7.99. The first-order valence-corrected chi connectivity index (χ1v) is 6.28. The number of aryl methyl sites for hydroxylation is 1. The van der Waals surface area contributed by atoms with Crippen molar-refractivity contribution >= 4 is 17.7 Å². The molecule has 1 rings (SSSR count). The molecule has 1 aromatic heterocycles. The van der Waals surface area contributed by atoms with Crippen molar-refractivity contribution in [1.82, 2.24) is 9.97 Å². The van der Waals surface area contributed by atoms with Gasteiger partial charge in [-0.1, -0.05) is 25.1 Å². The Morgan fingerprint density at radius 1 is 1.44 bits per heavy atom. The molecular formula is C11H16N2O2S. The van der Waals surface area contributed by atoms with E-state index >= 15 is 0 Å². The first kappa shape index (κ1) is 13.0. The lowest BCUT2D eigenvalue weighted by atomic mass is 10.4. The lowest BCUT2D eigenvalue weighted by Gasteiger charge is -2.02. The Labute approximate surface area is 99.8 Å². The summed E-state index contributed by atoms with van der Waals surface area (Å²) in [6.45, 7) is 4.49. The van der Waals surface area contributed by atoms with Crippen molar-refractivity contribution < 1.29 is 9.53 Å². The topological polar surface area (TPSA) is 52.1 Å². The van der Waals surface area contributed by atoms with Crippen molar-refractivity contribution in [3.63, 3.8) is 0 Å². The highest BCUT2D eigenvalue weighted by Gasteiger charge is 2.05. The van der Waals surface area contributed by atoms with Crippen LogP contribution in [0.2, 0.25) is 0 Å². The van der Waals surface area contributed by atoms with E-state index in [0.717, 1.165) is 18.4 Å². The molecule has 0 aliphatic rings. The van der Waals surface area contributed by atoms with Crippen LogP contribution in [0.4, 0.5) is 0 Å². The number of hydrogen-bond acceptors (Lipinski definition) is 5. The van der Waals surface area contributed by atoms with E-state index in [-0.39, 0.29) is 11.7 Å². The number of esters is 1. The van der Waals surface area contributed by atoms with Gasteiger partial charge in [-0.15, -0.1) is 0 Å². The summed E-state index contributed by atoms with van der Waals surface area (Å²) < 4.78 is 5.01. The zero-order valence-corrected chi connectivity index (χ0v) is 10.4. The maximum absolute atomic E-state index is 11.3. The summed E-state index contributed by atoms with van der Waals surface area (Å²) in [4.78, 5) is 19.4. The van der Waals surface area contributed by atoms with Crippen LogP contribution in [0.5, 0.6) is 0 Å². The molecule has 4 nitrogen and oxygen atoms in total. The summed E-state index contributed by atoms with van der Waals surface area (Å²) in [5.41, 5.74) is 1.01. The zero-order chi connectivity index (χ0) is 11.8. The molecule has 0 amide bonds. The first-order chi connectivity index (χ1) is 7.72. The van der Waals surface area contributed by atoms with Crippen LogP contribution in [0.25, 0.3) is 0 Å². The fourth-order valence-electron chi connectivity index (χ4n) is 0.951. The maximum Gasteiger partial charge on any atom is 0.316 e. The Hall–Kier alpha value is -1.10. The molecule has 0 radical (unpaired) electrons. The third-order valence-electron chi connectivity index (χ3n) is 1.84. The average molecular weight is 240 g/mol. The smallest absolute Gasteiger partial charge is 0.316 e. The maximum atomic E-state index is 11.3. The van der Waals surface area contributed by atoms with E-state index in [9.17, 15) is 4.79 Å². The van der Waals surface area contributed by atoms with Gasteiger partial charge in [0.15, 0.2) is 5.16 Å². The number of rotatable bonds is 6. The predicted octanol–water partition coefficient (Wildman–Crippen LogP) is 2.22. The number of hydrogen-bond donors (Lipinski definition) is 0. The minimum Gasteiger partial charge on any atom is -0.465 e. The quantitative estimate of drug-likeness (QED) is 0.330. The fraction of sp³-hybridized carbons (Fsp3) is 0.545. The number of unbranched alkanes of at least 4 members (excludes halogenated alkanes) is 1. The summed E-state index contributed by atoms with van der Waals surface area (Å²) in [6, 6.07) is 0. The van der Waals surface area contributed by atoms with E-state index in [2.05, 4.69) is 16.9 Å². The Kier molecular flexibility index (Phi) is 5.85. The van der Waals surface area contributed by atoms with Crippen LogP contribution in [0.15, 0.2) is 17.6 Å². The van der Waals surface area contributed by atoms with E-state index in [1.165, 1.54) is 11.8 Å². The number of thioether (sulfide) groups is 1. The molecule has 5 heteroatoms. The summed E-state index contributed by atoms with van der Waals surface area (Å²) >= 11 is 1.30. The highest BCUT2D eigenvalue weighted by Crippen LogP contribution is 2.11. The minimum absolute atomic E-state index is 0.206. The van der Waals surface area contributed by atoms with Crippen molar-refractivity contribution in [2.24, 2.45) is 0 Å². The van der Waals surface area contributed by atoms with Crippen LogP contribution in [0.1, 0.15) is 25.3 Å². The van der Waals surface area contributed by atoms with Crippen molar-refractivity contribution in [3.8, 4) is 0 Å². The molecule has 0 bridgehead atoms. The average Bonchev–Trinajstić information content (AvgIpc) is 2.29. The molecule has 0 spiro atoms. The number of aromatic nitrogens is 2. The van der Waals surface area contributed by atoms with Crippen LogP contribution in [-0.2, 0) is 9.53 Å². The second-order valence-corrected chi connectivity index (χ2v) is 4.35. The van der Waals surface area contributed by atoms with Crippen molar-refractivity contribution in [2.45, 2.75) is 31.8 Å². The van der Waals surface area contributed by atoms with Gasteiger partial charge in [-0.25, -0.2) is 9.97 Å². The van der Waals surface area contributed by atoms with Crippen LogP contribution < -0.4 is 0 Å². The van der Waals surface area contributed by atoms with Gasteiger partial charge in [0.05, 0.1) is 12.4 Å². The molecular weight excluding hydrogens is 224 g/mol. The molecule has 0 aromatic carbocycles. The van der Waals surface area contributed by atoms with Gasteiger partial charge in [-0.3, -0.25) is 4.79 Å². The molecule has 0 aliphatic heterocycles. The van der Waals surface area contributed by atoms with Crippen molar-refractivity contribution in [3.05, 3.63) is 18.0 Å². The van der Waals surface area contributed by atoms with Gasteiger partial charge in [0.1, 0.15) is 0 Å². The van der Waals surface area contributed by atoms with Gasteiger partial charge < -0.3 is 4.74 Å². The summed E-state index contributed by atoms with van der Waals surface area (Å²) in [5.74, 6) is 0.0647. The fourth-order valence-corrected chi connectivity index (χ4v) is 1.54. The second kappa shape index (κ2) is 7.22. The number of carbonyl (C=O) groups is 1. The lowest BCUT2D eigenvalue weighted by molar-refractivity contribution is -0.140. The van der Waals surface area contributed by atoms with Crippen LogP contribution >= 0.6 is 11.8 Å². The molecule has 0 N–H and O–H groups in total. The Morgan fingerprint density at radius 2 is 2.12 bits per heavy atom. The highest BCUT2D eigenvalue weighted by atomic mass is 32.2. The largest absolute Gasteiger partial charge is 0.465 e. The standard InChI is InChI=1S/C11H16N2O2S/c1-3-4-5-15-10(14)8-16-11-12-6-9(2)7-13-11/h6-7H,3-5,8H2,1-2H3. The van der Waals surface area contributed by atoms with Gasteiger partial charge in [-0.2, -0.15) is 0 Å². The minimum atomic E-state index is -0.206. The Balaban J connectivity index is 2.23. The van der Waals surface area contributed by atoms with E-state index in [1.54, 1.807) is 12.4 Å². The van der Waals surface area contributed by atoms with E-state index < -0.39 is 0 Å². The SMILES string of the molecule is CCCCOC(=O)CSc1ncc(C)cn1. The lowest BCUT2D eigenvalue weighted by Crippen LogP contribution is -2.08. The van der Waals surface area contributed by atoms with Crippen molar-refractivity contribution in [2.75, 3.05) is 12.4 Å². The molecule has 0 aliphatic carbocycles. The Morgan fingerprint density at radius 3 is 2.75 bits per heavy atom. The molecule has 1 heterocycles. The van der Waals surface area contributed by atoms with Gasteiger partial charge in [-0.05, 0) is 18.9 Å². The third kappa shape index (κ3) is 5.11. The zero-order valence-electron chi connectivity index (χ0n) is 9.60. The summed E-state index contributed by atoms with van der Waals surface area (Å²) in [5, 5.41) is 0.609. The van der Waals surface area contributed by atoms with E-state index in [0.29, 0.717) is 11.8 Å². The Bertz CT molecular complexity index is 327. The number of carbonyl (C=O) groups excluding carboxylic acids is 1. The monoisotopic (exact) mass is 240 g/mol. The van der Waals surface area contributed by atoms with Crippen LogP contribution in [0.3, 0.4) is 0 Å². The second-order valence-electron chi connectivity index (χ2n) is 3.41. The van der Waals surface area contributed by atoms with Crippen LogP contribution in [0, 0.1) is 6.92 Å². The third-order valence-corrected chi connectivity index (χ3v) is 2.69.